The zero-order valence-corrected chi connectivity index (χ0v) is 15.3. The third-order valence-corrected chi connectivity index (χ3v) is 5.28. The highest BCUT2D eigenvalue weighted by atomic mass is 35.5. The van der Waals surface area contributed by atoms with Gasteiger partial charge in [-0.1, -0.05) is 34.5 Å². The van der Waals surface area contributed by atoms with Crippen molar-refractivity contribution in [1.82, 2.24) is 4.98 Å². The van der Waals surface area contributed by atoms with Crippen LogP contribution in [0.5, 0.6) is 0 Å². The quantitative estimate of drug-likeness (QED) is 0.437. The third kappa shape index (κ3) is 3.31. The molecular weight excluding hydrogens is 398 g/mol. The second kappa shape index (κ2) is 6.72. The number of amides is 1. The maximum absolute atomic E-state index is 13.2. The number of nitrogens with zero attached hydrogens (tertiary/aromatic N) is 1. The molecule has 0 spiro atoms. The van der Waals surface area contributed by atoms with Crippen LogP contribution < -0.4 is 5.32 Å². The Balaban J connectivity index is 1.56. The smallest absolute Gasteiger partial charge is 0.293 e. The third-order valence-electron chi connectivity index (χ3n) is 3.60. The van der Waals surface area contributed by atoms with Gasteiger partial charge in [-0.15, -0.1) is 0 Å². The number of carbonyl (C=O) groups excluding carboxylic acids is 1. The maximum atomic E-state index is 13.2. The molecule has 0 aliphatic heterocycles. The lowest BCUT2D eigenvalue weighted by atomic mass is 10.2. The summed E-state index contributed by atoms with van der Waals surface area (Å²) in [7, 11) is 0. The first-order valence-electron chi connectivity index (χ1n) is 7.42. The Kier molecular flexibility index (Phi) is 4.40. The van der Waals surface area contributed by atoms with E-state index >= 15 is 0 Å². The van der Waals surface area contributed by atoms with E-state index in [1.807, 2.05) is 0 Å². The summed E-state index contributed by atoms with van der Waals surface area (Å²) < 4.78 is 19.5. The molecule has 0 fully saturated rings. The summed E-state index contributed by atoms with van der Waals surface area (Å²) in [5.74, 6) is -0.191. The molecule has 4 rings (SSSR count). The van der Waals surface area contributed by atoms with Gasteiger partial charge >= 0.3 is 0 Å². The van der Waals surface area contributed by atoms with Crippen molar-refractivity contribution in [3.8, 4) is 11.3 Å². The number of furan rings is 1. The minimum Gasteiger partial charge on any atom is -0.451 e. The van der Waals surface area contributed by atoms with Crippen LogP contribution in [-0.2, 0) is 0 Å². The Morgan fingerprint density at radius 2 is 1.92 bits per heavy atom. The van der Waals surface area contributed by atoms with Crippen molar-refractivity contribution in [1.29, 1.82) is 0 Å². The number of nitrogens with one attached hydrogen (secondary N) is 1. The largest absolute Gasteiger partial charge is 0.451 e. The number of fused-ring (bicyclic) bond motifs is 1. The molecule has 1 N–H and O–H groups in total. The summed E-state index contributed by atoms with van der Waals surface area (Å²) in [4.78, 5) is 16.6. The lowest BCUT2D eigenvalue weighted by molar-refractivity contribution is 0.0997. The fourth-order valence-electron chi connectivity index (χ4n) is 2.38. The highest BCUT2D eigenvalue weighted by molar-refractivity contribution is 7.22. The number of hydrogen-bond acceptors (Lipinski definition) is 4. The highest BCUT2D eigenvalue weighted by Gasteiger charge is 2.15. The monoisotopic (exact) mass is 406 g/mol. The van der Waals surface area contributed by atoms with Crippen LogP contribution in [0, 0.1) is 5.82 Å². The lowest BCUT2D eigenvalue weighted by Crippen LogP contribution is -2.10. The van der Waals surface area contributed by atoms with Gasteiger partial charge in [0.15, 0.2) is 10.9 Å². The Labute approximate surface area is 161 Å². The topological polar surface area (TPSA) is 55.1 Å². The number of thiazole rings is 1. The molecule has 4 nitrogen and oxygen atoms in total. The van der Waals surface area contributed by atoms with Crippen molar-refractivity contribution in [2.45, 2.75) is 0 Å². The average Bonchev–Trinajstić information content (AvgIpc) is 3.23. The second-order valence-corrected chi connectivity index (χ2v) is 7.22. The number of aromatic nitrogens is 1. The second-order valence-electron chi connectivity index (χ2n) is 5.38. The summed E-state index contributed by atoms with van der Waals surface area (Å²) in [6.45, 7) is 0. The molecule has 0 unspecified atom stereocenters. The lowest BCUT2D eigenvalue weighted by Gasteiger charge is -2.00. The van der Waals surface area contributed by atoms with E-state index in [1.54, 1.807) is 36.4 Å². The van der Waals surface area contributed by atoms with E-state index in [-0.39, 0.29) is 11.6 Å². The zero-order chi connectivity index (χ0) is 18.3. The standard InChI is InChI=1S/C18H9Cl2FN2O2S/c19-11-3-1-9(7-12(11)20)14-5-6-15(25-14)17(24)23-18-22-13-4-2-10(21)8-16(13)26-18/h1-8H,(H,22,23,24). The van der Waals surface area contributed by atoms with E-state index in [0.717, 1.165) is 0 Å². The van der Waals surface area contributed by atoms with Gasteiger partial charge in [0, 0.05) is 5.56 Å². The van der Waals surface area contributed by atoms with Crippen molar-refractivity contribution >= 4 is 55.8 Å². The SMILES string of the molecule is O=C(Nc1nc2ccc(F)cc2s1)c1ccc(-c2ccc(Cl)c(Cl)c2)o1. The predicted octanol–water partition coefficient (Wildman–Crippen LogP) is 6.25. The van der Waals surface area contributed by atoms with Crippen LogP contribution in [0.2, 0.25) is 10.0 Å². The van der Waals surface area contributed by atoms with Crippen molar-refractivity contribution in [2.75, 3.05) is 5.32 Å². The van der Waals surface area contributed by atoms with E-state index in [0.29, 0.717) is 36.7 Å². The minimum atomic E-state index is -0.448. The molecule has 0 bridgehead atoms. The van der Waals surface area contributed by atoms with Crippen LogP contribution >= 0.6 is 34.5 Å². The fraction of sp³-hybridized carbons (Fsp3) is 0. The number of halogens is 3. The van der Waals surface area contributed by atoms with Crippen LogP contribution in [0.25, 0.3) is 21.5 Å². The van der Waals surface area contributed by atoms with Gasteiger partial charge in [0.1, 0.15) is 11.6 Å². The van der Waals surface area contributed by atoms with Crippen molar-refractivity contribution in [2.24, 2.45) is 0 Å². The fourth-order valence-corrected chi connectivity index (χ4v) is 3.56. The normalized spacial score (nSPS) is 11.0. The molecule has 2 heterocycles. The van der Waals surface area contributed by atoms with Gasteiger partial charge in [-0.3, -0.25) is 10.1 Å². The van der Waals surface area contributed by atoms with Crippen molar-refractivity contribution < 1.29 is 13.6 Å². The maximum Gasteiger partial charge on any atom is 0.293 e. The van der Waals surface area contributed by atoms with Crippen molar-refractivity contribution in [3.05, 3.63) is 70.2 Å². The highest BCUT2D eigenvalue weighted by Crippen LogP contribution is 2.30. The van der Waals surface area contributed by atoms with Crippen LogP contribution in [0.3, 0.4) is 0 Å². The molecule has 0 aliphatic rings. The number of benzene rings is 2. The molecule has 26 heavy (non-hydrogen) atoms. The summed E-state index contributed by atoms with van der Waals surface area (Å²) in [6, 6.07) is 12.5. The first-order valence-corrected chi connectivity index (χ1v) is 8.99. The van der Waals surface area contributed by atoms with Gasteiger partial charge in [0.2, 0.25) is 0 Å². The molecular formula is C18H9Cl2FN2O2S. The van der Waals surface area contributed by atoms with E-state index < -0.39 is 5.91 Å². The summed E-state index contributed by atoms with van der Waals surface area (Å²) in [6.07, 6.45) is 0. The molecule has 0 saturated heterocycles. The molecule has 2 aromatic carbocycles. The average molecular weight is 407 g/mol. The molecule has 8 heteroatoms. The molecule has 0 radical (unpaired) electrons. The van der Waals surface area contributed by atoms with Gasteiger partial charge in [-0.25, -0.2) is 9.37 Å². The van der Waals surface area contributed by atoms with Crippen molar-refractivity contribution in [3.63, 3.8) is 0 Å². The molecule has 4 aromatic rings. The summed E-state index contributed by atoms with van der Waals surface area (Å²) in [5.41, 5.74) is 1.32. The first-order chi connectivity index (χ1) is 12.5. The van der Waals surface area contributed by atoms with Gasteiger partial charge in [0.25, 0.3) is 5.91 Å². The van der Waals surface area contributed by atoms with Gasteiger partial charge in [0.05, 0.1) is 20.3 Å². The van der Waals surface area contributed by atoms with Crippen LogP contribution in [0.4, 0.5) is 9.52 Å². The molecule has 0 aliphatic carbocycles. The van der Waals surface area contributed by atoms with E-state index in [2.05, 4.69) is 10.3 Å². The number of carbonyl (C=O) groups is 1. The minimum absolute atomic E-state index is 0.122. The molecule has 130 valence electrons. The number of anilines is 1. The molecule has 0 atom stereocenters. The Morgan fingerprint density at radius 3 is 2.73 bits per heavy atom. The van der Waals surface area contributed by atoms with E-state index in [9.17, 15) is 9.18 Å². The Morgan fingerprint density at radius 1 is 1.08 bits per heavy atom. The number of hydrogen-bond donors (Lipinski definition) is 1. The number of rotatable bonds is 3. The Hall–Kier alpha value is -2.41. The summed E-state index contributed by atoms with van der Waals surface area (Å²) in [5, 5.41) is 3.86. The van der Waals surface area contributed by atoms with Crippen LogP contribution in [-0.4, -0.2) is 10.9 Å². The Bertz CT molecular complexity index is 1140. The van der Waals surface area contributed by atoms with Crippen LogP contribution in [0.1, 0.15) is 10.6 Å². The molecule has 1 amide bonds. The predicted molar refractivity (Wildman–Crippen MR) is 102 cm³/mol. The van der Waals surface area contributed by atoms with Crippen LogP contribution in [0.15, 0.2) is 52.9 Å². The van der Waals surface area contributed by atoms with Gasteiger partial charge in [-0.05, 0) is 48.5 Å². The molecule has 2 aromatic heterocycles. The molecule has 0 saturated carbocycles. The first kappa shape index (κ1) is 17.0. The zero-order valence-electron chi connectivity index (χ0n) is 12.9. The van der Waals surface area contributed by atoms with Gasteiger partial charge < -0.3 is 4.42 Å². The van der Waals surface area contributed by atoms with E-state index in [4.69, 9.17) is 27.6 Å². The van der Waals surface area contributed by atoms with E-state index in [1.165, 1.54) is 23.5 Å². The summed E-state index contributed by atoms with van der Waals surface area (Å²) >= 11 is 13.1. The van der Waals surface area contributed by atoms with Gasteiger partial charge in [-0.2, -0.15) is 0 Å².